The summed E-state index contributed by atoms with van der Waals surface area (Å²) in [5, 5.41) is 138. The summed E-state index contributed by atoms with van der Waals surface area (Å²) < 4.78 is 13.3. The van der Waals surface area contributed by atoms with Crippen molar-refractivity contribution in [3.05, 3.63) is 90.2 Å². The second-order valence-electron chi connectivity index (χ2n) is 13.1. The van der Waals surface area contributed by atoms with E-state index in [0.29, 0.717) is 16.9 Å². The highest BCUT2D eigenvalue weighted by Crippen LogP contribution is 2.16. The normalized spacial score (nSPS) is 17.1. The molecule has 3 amide bonds. The molecular formula is C39H56FN3O17. The molecule has 3 aromatic rings. The van der Waals surface area contributed by atoms with Gasteiger partial charge >= 0.3 is 0 Å². The average Bonchev–Trinajstić information content (AvgIpc) is 3.27. The average molecular weight is 858 g/mol. The molecule has 0 radical (unpaired) electrons. The molecule has 0 unspecified atom stereocenters. The summed E-state index contributed by atoms with van der Waals surface area (Å²) in [5.41, 5.74) is 1.29. The van der Waals surface area contributed by atoms with E-state index < -0.39 is 103 Å². The molecular weight excluding hydrogens is 801 g/mol. The van der Waals surface area contributed by atoms with Crippen LogP contribution in [0.2, 0.25) is 0 Å². The summed E-state index contributed by atoms with van der Waals surface area (Å²) >= 11 is 0. The fourth-order valence-corrected chi connectivity index (χ4v) is 4.72. The van der Waals surface area contributed by atoms with Crippen molar-refractivity contribution in [2.24, 2.45) is 0 Å². The lowest BCUT2D eigenvalue weighted by atomic mass is 10.0. The Labute approximate surface area is 344 Å². The Morgan fingerprint density at radius 3 is 1.23 bits per heavy atom. The number of rotatable bonds is 19. The number of hydrogen-bond acceptors (Lipinski definition) is 17. The minimum Gasteiger partial charge on any atom is -0.394 e. The van der Waals surface area contributed by atoms with Gasteiger partial charge in [0.25, 0.3) is 17.7 Å². The van der Waals surface area contributed by atoms with E-state index in [1.807, 2.05) is 5.32 Å². The third-order valence-corrected chi connectivity index (χ3v) is 8.61. The van der Waals surface area contributed by atoms with Gasteiger partial charge in [-0.2, -0.15) is 0 Å². The van der Waals surface area contributed by atoms with Crippen molar-refractivity contribution in [3.63, 3.8) is 0 Å². The lowest BCUT2D eigenvalue weighted by Crippen LogP contribution is -2.50. The van der Waals surface area contributed by atoms with Crippen LogP contribution in [0.3, 0.4) is 0 Å². The minimum atomic E-state index is -2.11. The Bertz CT molecular complexity index is 1700. The van der Waals surface area contributed by atoms with Crippen molar-refractivity contribution in [2.45, 2.75) is 107 Å². The summed E-state index contributed by atoms with van der Waals surface area (Å²) in [6, 6.07) is 19.8. The van der Waals surface area contributed by atoms with E-state index in [2.05, 4.69) is 10.6 Å². The van der Waals surface area contributed by atoms with Crippen molar-refractivity contribution in [1.29, 1.82) is 0 Å². The molecule has 0 aliphatic heterocycles. The monoisotopic (exact) mass is 857 g/mol. The molecule has 21 heteroatoms. The molecule has 0 fully saturated rings. The van der Waals surface area contributed by atoms with Crippen LogP contribution in [0.4, 0.5) is 21.5 Å². The second-order valence-corrected chi connectivity index (χ2v) is 13.1. The van der Waals surface area contributed by atoms with Crippen molar-refractivity contribution in [1.82, 2.24) is 0 Å². The number of anilines is 3. The third-order valence-electron chi connectivity index (χ3n) is 8.61. The topological polar surface area (TPSA) is 371 Å². The first-order valence-electron chi connectivity index (χ1n) is 18.5. The van der Waals surface area contributed by atoms with E-state index in [-0.39, 0.29) is 25.1 Å². The Morgan fingerprint density at radius 1 is 0.483 bits per heavy atom. The molecule has 0 saturated carbocycles. The number of carbonyl (C=O) groups excluding carboxylic acids is 3. The highest BCUT2D eigenvalue weighted by Gasteiger charge is 2.36. The first kappa shape index (κ1) is 53.5. The summed E-state index contributed by atoms with van der Waals surface area (Å²) in [6.07, 6.45) is -20.3. The molecule has 12 atom stereocenters. The number of halogens is 1. The van der Waals surface area contributed by atoms with E-state index in [9.17, 15) is 74.9 Å². The number of aliphatic hydroxyl groups excluding tert-OH is 14. The number of amides is 3. The van der Waals surface area contributed by atoms with E-state index >= 15 is 0 Å². The van der Waals surface area contributed by atoms with Gasteiger partial charge in [-0.25, -0.2) is 4.39 Å². The van der Waals surface area contributed by atoms with E-state index in [4.69, 9.17) is 15.3 Å². The zero-order chi connectivity index (χ0) is 45.7. The molecule has 3 rings (SSSR count). The largest absolute Gasteiger partial charge is 0.394 e. The third kappa shape index (κ3) is 17.2. The van der Waals surface area contributed by atoms with Crippen LogP contribution < -0.4 is 16.0 Å². The summed E-state index contributed by atoms with van der Waals surface area (Å²) in [6.45, 7) is 2.21. The molecule has 336 valence electrons. The molecule has 3 aromatic carbocycles. The summed E-state index contributed by atoms with van der Waals surface area (Å²) in [5.74, 6) is -3.65. The molecule has 60 heavy (non-hydrogen) atoms. The van der Waals surface area contributed by atoms with Crippen molar-refractivity contribution in [2.75, 3.05) is 22.6 Å². The first-order valence-corrected chi connectivity index (χ1v) is 18.5. The quantitative estimate of drug-likeness (QED) is 0.0560. The zero-order valence-corrected chi connectivity index (χ0v) is 32.6. The Morgan fingerprint density at radius 2 is 0.850 bits per heavy atom. The maximum absolute atomic E-state index is 13.3. The van der Waals surface area contributed by atoms with Crippen LogP contribution in [0, 0.1) is 5.82 Å². The predicted octanol–water partition coefficient (Wildman–Crippen LogP) is -3.35. The molecule has 0 saturated heterocycles. The van der Waals surface area contributed by atoms with Gasteiger partial charge in [-0.1, -0.05) is 56.3 Å². The number of aliphatic hydroxyl groups is 14. The molecule has 0 aliphatic carbocycles. The lowest BCUT2D eigenvalue weighted by molar-refractivity contribution is -0.144. The van der Waals surface area contributed by atoms with Crippen LogP contribution >= 0.6 is 0 Å². The maximum Gasteiger partial charge on any atom is 0.256 e. The fraction of sp³-hybridized carbons (Fsp3) is 0.462. The van der Waals surface area contributed by atoms with Gasteiger partial charge < -0.3 is 87.4 Å². The number of benzene rings is 3. The minimum absolute atomic E-state index is 0.128. The van der Waals surface area contributed by atoms with Gasteiger partial charge in [-0.05, 0) is 54.8 Å². The van der Waals surface area contributed by atoms with Gasteiger partial charge in [0.2, 0.25) is 0 Å². The van der Waals surface area contributed by atoms with Crippen molar-refractivity contribution in [3.8, 4) is 0 Å². The van der Waals surface area contributed by atoms with Gasteiger partial charge in [-0.3, -0.25) is 14.4 Å². The number of carbonyl (C=O) groups is 3. The number of nitrogens with one attached hydrogen (secondary N) is 3. The number of para-hydroxylation sites is 2. The second kappa shape index (κ2) is 27.3. The van der Waals surface area contributed by atoms with Crippen LogP contribution in [0.25, 0.3) is 0 Å². The van der Waals surface area contributed by atoms with Crippen LogP contribution in [-0.4, -0.2) is 169 Å². The van der Waals surface area contributed by atoms with Gasteiger partial charge in [0.15, 0.2) is 18.3 Å². The zero-order valence-electron chi connectivity index (χ0n) is 32.6. The fourth-order valence-electron chi connectivity index (χ4n) is 4.72. The Balaban J connectivity index is 0.000000451. The first-order chi connectivity index (χ1) is 28.2. The molecule has 0 heterocycles. The highest BCUT2D eigenvalue weighted by molar-refractivity contribution is 5.95. The van der Waals surface area contributed by atoms with E-state index in [1.165, 1.54) is 30.3 Å². The predicted molar refractivity (Wildman–Crippen MR) is 211 cm³/mol. The molecule has 0 aliphatic rings. The van der Waals surface area contributed by atoms with Crippen LogP contribution in [-0.2, 0) is 21.0 Å². The molecule has 0 bridgehead atoms. The van der Waals surface area contributed by atoms with Crippen LogP contribution in [0.5, 0.6) is 0 Å². The van der Waals surface area contributed by atoms with Crippen molar-refractivity contribution < 1.29 is 90.3 Å². The molecule has 17 N–H and O–H groups in total. The molecule has 0 aromatic heterocycles. The standard InChI is InChI=1S/C14H21NO6.C13H19NO5.C12H16FNO6/c1-2-10(17)11(18)12(19)13(20)14(21)15-9-5-3-8(7-16)4-6-9;1-2-9(15)10(16)11(17)12(18)13(19)14-8-6-4-3-5-7-8;13-6-3-1-2-4-7(6)14-12(20)11(19)10(18)9(17)8(16)5-15/h3-6,10-13,16-20H,2,7H2,1H3,(H,15,21);3-7,9-12,15-18H,2H2,1H3,(H,14,19);1-4,8-11,15-19H,5H2,(H,14,20)/t10-,11-,12+,13-;9-,10-,11+,12-;8-,9-,10+,11-/m111/s1. The summed E-state index contributed by atoms with van der Waals surface area (Å²) in [7, 11) is 0. The van der Waals surface area contributed by atoms with Gasteiger partial charge in [-0.15, -0.1) is 0 Å². The SMILES string of the molecule is CC[C@@H](O)[C@@H](O)[C@H](O)[C@@H](O)C(=O)Nc1ccc(CO)cc1.CC[C@@H](O)[C@@H](O)[C@H](O)[C@@H](O)C(=O)Nc1ccccc1.O=C(Nc1ccccc1F)[C@H](O)[C@@H](O)[C@H](O)[C@H](O)CO. The van der Waals surface area contributed by atoms with Crippen LogP contribution in [0.15, 0.2) is 78.9 Å². The Hall–Kier alpha value is -4.56. The van der Waals surface area contributed by atoms with Gasteiger partial charge in [0, 0.05) is 11.4 Å². The lowest BCUT2D eigenvalue weighted by Gasteiger charge is -2.25. The van der Waals surface area contributed by atoms with E-state index in [0.717, 1.165) is 6.07 Å². The summed E-state index contributed by atoms with van der Waals surface area (Å²) in [4.78, 5) is 35.0. The van der Waals surface area contributed by atoms with Gasteiger partial charge in [0.1, 0.15) is 48.5 Å². The highest BCUT2D eigenvalue weighted by atomic mass is 19.1. The van der Waals surface area contributed by atoms with Crippen LogP contribution in [0.1, 0.15) is 32.3 Å². The van der Waals surface area contributed by atoms with E-state index in [1.54, 1.807) is 56.3 Å². The molecule has 20 nitrogen and oxygen atoms in total. The number of hydrogen-bond donors (Lipinski definition) is 17. The van der Waals surface area contributed by atoms with Gasteiger partial charge in [0.05, 0.1) is 31.1 Å². The Kier molecular flexibility index (Phi) is 24.3. The van der Waals surface area contributed by atoms with Crippen molar-refractivity contribution >= 4 is 34.8 Å². The maximum atomic E-state index is 13.3. The smallest absolute Gasteiger partial charge is 0.256 e. The molecule has 0 spiro atoms.